The second kappa shape index (κ2) is 4.42. The van der Waals surface area contributed by atoms with Gasteiger partial charge in [-0.15, -0.1) is 0 Å². The Morgan fingerprint density at radius 1 is 1.28 bits per heavy atom. The van der Waals surface area contributed by atoms with Crippen LogP contribution in [-0.4, -0.2) is 39.6 Å². The average molecular weight is 249 g/mol. The zero-order valence-corrected chi connectivity index (χ0v) is 10.0. The molecule has 0 bridgehead atoms. The van der Waals surface area contributed by atoms with Gasteiger partial charge in [0.1, 0.15) is 0 Å². The van der Waals surface area contributed by atoms with Gasteiger partial charge in [0.2, 0.25) is 0 Å². The lowest BCUT2D eigenvalue weighted by Crippen LogP contribution is -2.69. The number of aliphatic carboxylic acids is 2. The summed E-state index contributed by atoms with van der Waals surface area (Å²) in [4.78, 5) is 24.2. The summed E-state index contributed by atoms with van der Waals surface area (Å²) in [6.45, 7) is 2.27. The van der Waals surface area contributed by atoms with E-state index in [-0.39, 0.29) is 6.54 Å². The third kappa shape index (κ3) is 1.76. The molecule has 0 amide bonds. The smallest absolute Gasteiger partial charge is 0.324 e. The molecule has 1 atom stereocenters. The number of likely N-dealkylation sites (tertiary alicyclic amines) is 1. The lowest BCUT2D eigenvalue weighted by atomic mass is 9.72. The minimum Gasteiger partial charge on any atom is -0.480 e. The quantitative estimate of drug-likeness (QED) is 0.780. The zero-order chi connectivity index (χ0) is 13.3. The van der Waals surface area contributed by atoms with Crippen molar-refractivity contribution in [2.75, 3.05) is 6.54 Å². The molecule has 1 fully saturated rings. The van der Waals surface area contributed by atoms with Crippen molar-refractivity contribution < 1.29 is 19.8 Å². The third-order valence-corrected chi connectivity index (χ3v) is 3.71. The molecule has 18 heavy (non-hydrogen) atoms. The number of carboxylic acid groups (broad SMARTS) is 2. The molecule has 0 saturated carbocycles. The summed E-state index contributed by atoms with van der Waals surface area (Å²) in [6.07, 6.45) is 0. The highest BCUT2D eigenvalue weighted by atomic mass is 16.4. The Morgan fingerprint density at radius 3 is 2.28 bits per heavy atom. The van der Waals surface area contributed by atoms with Crippen LogP contribution in [0.2, 0.25) is 0 Å². The number of benzene rings is 1. The third-order valence-electron chi connectivity index (χ3n) is 3.71. The highest BCUT2D eigenvalue weighted by Gasteiger charge is 2.61. The number of nitrogens with zero attached hydrogens (tertiary/aromatic N) is 1. The first kappa shape index (κ1) is 12.6. The van der Waals surface area contributed by atoms with Crippen LogP contribution in [0.25, 0.3) is 0 Å². The van der Waals surface area contributed by atoms with Gasteiger partial charge in [0.05, 0.1) is 0 Å². The molecule has 96 valence electrons. The fourth-order valence-electron chi connectivity index (χ4n) is 2.38. The van der Waals surface area contributed by atoms with Crippen LogP contribution < -0.4 is 0 Å². The first-order valence-corrected chi connectivity index (χ1v) is 5.73. The van der Waals surface area contributed by atoms with E-state index in [1.165, 1.54) is 0 Å². The van der Waals surface area contributed by atoms with Crippen molar-refractivity contribution in [3.63, 3.8) is 0 Å². The van der Waals surface area contributed by atoms with Gasteiger partial charge in [-0.05, 0) is 12.5 Å². The number of carbonyl (C=O) groups is 2. The second-order valence-electron chi connectivity index (χ2n) is 4.65. The maximum absolute atomic E-state index is 11.1. The summed E-state index contributed by atoms with van der Waals surface area (Å²) in [7, 11) is 0. The lowest BCUT2D eigenvalue weighted by Gasteiger charge is -2.50. The van der Waals surface area contributed by atoms with Crippen LogP contribution in [0.5, 0.6) is 0 Å². The highest BCUT2D eigenvalue weighted by Crippen LogP contribution is 2.39. The van der Waals surface area contributed by atoms with Crippen molar-refractivity contribution in [2.24, 2.45) is 5.41 Å². The Kier molecular flexibility index (Phi) is 3.09. The molecule has 1 aromatic carbocycles. The molecule has 2 rings (SSSR count). The molecular weight excluding hydrogens is 234 g/mol. The molecule has 5 heteroatoms. The fraction of sp³-hybridized carbons (Fsp3) is 0.385. The summed E-state index contributed by atoms with van der Waals surface area (Å²) in [6, 6.07) is 9.08. The van der Waals surface area contributed by atoms with Crippen LogP contribution in [0.1, 0.15) is 12.5 Å². The number of rotatable bonds is 4. The van der Waals surface area contributed by atoms with E-state index >= 15 is 0 Å². The van der Waals surface area contributed by atoms with E-state index in [0.717, 1.165) is 5.56 Å². The van der Waals surface area contributed by atoms with Crippen molar-refractivity contribution in [1.82, 2.24) is 4.90 Å². The topological polar surface area (TPSA) is 77.8 Å². The van der Waals surface area contributed by atoms with Crippen LogP contribution in [0.15, 0.2) is 30.3 Å². The minimum absolute atomic E-state index is 0.0493. The average Bonchev–Trinajstić information content (AvgIpc) is 2.33. The molecule has 0 aliphatic carbocycles. The van der Waals surface area contributed by atoms with E-state index in [1.54, 1.807) is 6.92 Å². The summed E-state index contributed by atoms with van der Waals surface area (Å²) in [5.41, 5.74) is -0.608. The molecule has 1 unspecified atom stereocenters. The normalized spacial score (nSPS) is 22.2. The molecule has 1 heterocycles. The van der Waals surface area contributed by atoms with Crippen LogP contribution in [0.4, 0.5) is 0 Å². The Morgan fingerprint density at radius 2 is 1.83 bits per heavy atom. The molecule has 0 spiro atoms. The van der Waals surface area contributed by atoms with Gasteiger partial charge in [0.15, 0.2) is 5.41 Å². The molecule has 1 aliphatic heterocycles. The van der Waals surface area contributed by atoms with E-state index in [2.05, 4.69) is 0 Å². The molecule has 5 nitrogen and oxygen atoms in total. The van der Waals surface area contributed by atoms with E-state index in [0.29, 0.717) is 6.54 Å². The first-order valence-electron chi connectivity index (χ1n) is 5.73. The van der Waals surface area contributed by atoms with E-state index < -0.39 is 23.4 Å². The Bertz CT molecular complexity index is 457. The van der Waals surface area contributed by atoms with Crippen LogP contribution in [-0.2, 0) is 16.1 Å². The van der Waals surface area contributed by atoms with E-state index in [9.17, 15) is 9.59 Å². The zero-order valence-electron chi connectivity index (χ0n) is 10.0. The summed E-state index contributed by atoms with van der Waals surface area (Å²) >= 11 is 0. The van der Waals surface area contributed by atoms with Crippen molar-refractivity contribution >= 4 is 11.9 Å². The maximum Gasteiger partial charge on any atom is 0.324 e. The van der Waals surface area contributed by atoms with Crippen LogP contribution >= 0.6 is 0 Å². The van der Waals surface area contributed by atoms with Crippen LogP contribution in [0.3, 0.4) is 0 Å². The minimum atomic E-state index is -1.66. The fourth-order valence-corrected chi connectivity index (χ4v) is 2.38. The van der Waals surface area contributed by atoms with Crippen LogP contribution in [0, 0.1) is 5.41 Å². The van der Waals surface area contributed by atoms with Gasteiger partial charge in [0, 0.05) is 19.1 Å². The molecule has 2 N–H and O–H groups in total. The Balaban J connectivity index is 2.10. The molecular formula is C13H15NO4. The van der Waals surface area contributed by atoms with Gasteiger partial charge >= 0.3 is 11.9 Å². The molecule has 1 saturated heterocycles. The lowest BCUT2D eigenvalue weighted by molar-refractivity contribution is -0.187. The molecule has 1 aromatic rings. The van der Waals surface area contributed by atoms with Gasteiger partial charge in [-0.25, -0.2) is 0 Å². The van der Waals surface area contributed by atoms with Crippen molar-refractivity contribution in [1.29, 1.82) is 0 Å². The Labute approximate surface area is 105 Å². The SMILES string of the molecule is CC1N(Cc2ccccc2)CC1(C(=O)O)C(=O)O. The van der Waals surface area contributed by atoms with E-state index in [1.807, 2.05) is 35.2 Å². The predicted molar refractivity (Wildman–Crippen MR) is 64.0 cm³/mol. The monoisotopic (exact) mass is 249 g/mol. The van der Waals surface area contributed by atoms with Crippen molar-refractivity contribution in [3.8, 4) is 0 Å². The summed E-state index contributed by atoms with van der Waals surface area (Å²) < 4.78 is 0. The summed E-state index contributed by atoms with van der Waals surface area (Å²) in [5, 5.41) is 18.2. The first-order chi connectivity index (χ1) is 8.48. The van der Waals surface area contributed by atoms with Crippen molar-refractivity contribution in [3.05, 3.63) is 35.9 Å². The maximum atomic E-state index is 11.1. The second-order valence-corrected chi connectivity index (χ2v) is 4.65. The highest BCUT2D eigenvalue weighted by molar-refractivity contribution is 6.00. The summed E-state index contributed by atoms with van der Waals surface area (Å²) in [5.74, 6) is -2.52. The molecule has 0 aromatic heterocycles. The van der Waals surface area contributed by atoms with Gasteiger partial charge < -0.3 is 10.2 Å². The van der Waals surface area contributed by atoms with Gasteiger partial charge in [-0.1, -0.05) is 30.3 Å². The molecule has 1 aliphatic rings. The number of hydrogen-bond donors (Lipinski definition) is 2. The van der Waals surface area contributed by atoms with Gasteiger partial charge in [-0.3, -0.25) is 14.5 Å². The van der Waals surface area contributed by atoms with Gasteiger partial charge in [0.25, 0.3) is 0 Å². The Hall–Kier alpha value is -1.88. The standard InChI is InChI=1S/C13H15NO4/c1-9-13(11(15)16,12(17)18)8-14(9)7-10-5-3-2-4-6-10/h2-6,9H,7-8H2,1H3,(H,15,16)(H,17,18). The van der Waals surface area contributed by atoms with Crippen molar-refractivity contribution in [2.45, 2.75) is 19.5 Å². The number of carboxylic acids is 2. The van der Waals surface area contributed by atoms with E-state index in [4.69, 9.17) is 10.2 Å². The molecule has 0 radical (unpaired) electrons. The largest absolute Gasteiger partial charge is 0.480 e. The predicted octanol–water partition coefficient (Wildman–Crippen LogP) is 1.05. The number of hydrogen-bond acceptors (Lipinski definition) is 3. The van der Waals surface area contributed by atoms with Gasteiger partial charge in [-0.2, -0.15) is 0 Å².